The fourth-order valence-electron chi connectivity index (χ4n) is 2.96. The molecule has 0 spiro atoms. The Morgan fingerprint density at radius 2 is 1.52 bits per heavy atom. The molecule has 3 rings (SSSR count). The van der Waals surface area contributed by atoms with Gasteiger partial charge in [0, 0.05) is 24.4 Å². The van der Waals surface area contributed by atoms with Crippen LogP contribution in [0.1, 0.15) is 35.4 Å². The van der Waals surface area contributed by atoms with Crippen LogP contribution in [0.5, 0.6) is 0 Å². The number of amides is 1. The summed E-state index contributed by atoms with van der Waals surface area (Å²) >= 11 is 0. The number of rotatable bonds is 10. The lowest BCUT2D eigenvalue weighted by Crippen LogP contribution is -2.25. The number of anilines is 1. The zero-order valence-electron chi connectivity index (χ0n) is 17.3. The third-order valence-corrected chi connectivity index (χ3v) is 6.09. The van der Waals surface area contributed by atoms with E-state index in [1.807, 2.05) is 37.3 Å². The number of carbonyl (C=O) groups is 1. The monoisotopic (exact) mass is 438 g/mol. The quantitative estimate of drug-likeness (QED) is 0.460. The molecule has 0 aliphatic heterocycles. The van der Waals surface area contributed by atoms with Crippen molar-refractivity contribution in [2.75, 3.05) is 17.9 Å². The number of benzene rings is 3. The van der Waals surface area contributed by atoms with Crippen LogP contribution >= 0.6 is 0 Å². The molecule has 0 heterocycles. The van der Waals surface area contributed by atoms with Crippen LogP contribution < -0.4 is 10.0 Å². The second-order valence-corrected chi connectivity index (χ2v) is 8.71. The molecule has 3 aromatic rings. The van der Waals surface area contributed by atoms with Crippen LogP contribution in [-0.4, -0.2) is 27.5 Å². The van der Waals surface area contributed by atoms with Gasteiger partial charge in [-0.05, 0) is 55.3 Å². The summed E-state index contributed by atoms with van der Waals surface area (Å²) in [6.45, 7) is 2.99. The second kappa shape index (κ2) is 10.7. The van der Waals surface area contributed by atoms with Gasteiger partial charge in [0.2, 0.25) is 0 Å². The molecule has 7 heteroatoms. The van der Waals surface area contributed by atoms with Gasteiger partial charge in [0.25, 0.3) is 15.9 Å². The van der Waals surface area contributed by atoms with Gasteiger partial charge in [0.1, 0.15) is 0 Å². The van der Waals surface area contributed by atoms with Crippen molar-refractivity contribution in [3.05, 3.63) is 96.1 Å². The minimum absolute atomic E-state index is 0.00381. The molecule has 2 N–H and O–H groups in total. The van der Waals surface area contributed by atoms with E-state index < -0.39 is 10.0 Å². The second-order valence-electron chi connectivity index (χ2n) is 7.03. The molecule has 0 aromatic heterocycles. The van der Waals surface area contributed by atoms with Crippen molar-refractivity contribution in [3.8, 4) is 0 Å². The Bertz CT molecular complexity index is 1070. The third kappa shape index (κ3) is 6.67. The first-order chi connectivity index (χ1) is 15.0. The summed E-state index contributed by atoms with van der Waals surface area (Å²) in [6.07, 6.45) is 0.673. The van der Waals surface area contributed by atoms with Gasteiger partial charge in [0.15, 0.2) is 0 Å². The average molecular weight is 439 g/mol. The lowest BCUT2D eigenvalue weighted by molar-refractivity contribution is 0.0635. The van der Waals surface area contributed by atoms with E-state index in [1.165, 1.54) is 24.3 Å². The molecule has 0 saturated carbocycles. The number of hydrogen-bond donors (Lipinski definition) is 2. The first kappa shape index (κ1) is 22.5. The summed E-state index contributed by atoms with van der Waals surface area (Å²) in [6, 6.07) is 24.4. The molecule has 0 radical (unpaired) electrons. The number of hydrogen-bond acceptors (Lipinski definition) is 4. The Balaban J connectivity index is 1.44. The van der Waals surface area contributed by atoms with Crippen LogP contribution in [0.25, 0.3) is 0 Å². The Morgan fingerprint density at radius 1 is 0.903 bits per heavy atom. The average Bonchev–Trinajstić information content (AvgIpc) is 2.79. The van der Waals surface area contributed by atoms with Gasteiger partial charge < -0.3 is 10.1 Å². The number of nitrogens with one attached hydrogen (secondary N) is 2. The van der Waals surface area contributed by atoms with Crippen molar-refractivity contribution in [1.29, 1.82) is 0 Å². The van der Waals surface area contributed by atoms with Crippen molar-refractivity contribution in [2.45, 2.75) is 24.3 Å². The van der Waals surface area contributed by atoms with E-state index in [0.717, 1.165) is 5.56 Å². The predicted octanol–water partition coefficient (Wildman–Crippen LogP) is 4.39. The molecule has 0 bridgehead atoms. The predicted molar refractivity (Wildman–Crippen MR) is 121 cm³/mol. The van der Waals surface area contributed by atoms with Gasteiger partial charge in [-0.3, -0.25) is 9.52 Å². The highest BCUT2D eigenvalue weighted by Gasteiger charge is 2.15. The Kier molecular flexibility index (Phi) is 7.81. The topological polar surface area (TPSA) is 84.5 Å². The summed E-state index contributed by atoms with van der Waals surface area (Å²) < 4.78 is 33.2. The van der Waals surface area contributed by atoms with E-state index in [1.54, 1.807) is 30.3 Å². The van der Waals surface area contributed by atoms with Crippen molar-refractivity contribution in [2.24, 2.45) is 0 Å². The van der Waals surface area contributed by atoms with Crippen LogP contribution in [0.3, 0.4) is 0 Å². The maximum Gasteiger partial charge on any atom is 0.261 e. The van der Waals surface area contributed by atoms with Gasteiger partial charge in [-0.25, -0.2) is 8.42 Å². The Hall–Kier alpha value is -3.16. The normalized spacial score (nSPS) is 12.2. The lowest BCUT2D eigenvalue weighted by atomic mass is 10.1. The maximum absolute atomic E-state index is 12.5. The van der Waals surface area contributed by atoms with Crippen LogP contribution in [0.4, 0.5) is 5.69 Å². The minimum Gasteiger partial charge on any atom is -0.374 e. The molecule has 0 saturated heterocycles. The van der Waals surface area contributed by atoms with Gasteiger partial charge in [-0.1, -0.05) is 48.5 Å². The molecule has 1 amide bonds. The minimum atomic E-state index is -3.71. The summed E-state index contributed by atoms with van der Waals surface area (Å²) in [5.74, 6) is -0.254. The van der Waals surface area contributed by atoms with E-state index in [2.05, 4.69) is 10.0 Å². The highest BCUT2D eigenvalue weighted by molar-refractivity contribution is 7.92. The van der Waals surface area contributed by atoms with Gasteiger partial charge in [0.05, 0.1) is 11.0 Å². The standard InChI is InChI=1S/C24H26N2O4S/c1-19(20-9-4-2-5-10-20)30-18-8-17-25-24(27)21-13-15-23(16-14-21)31(28,29)26-22-11-6-3-7-12-22/h2-7,9-16,19,26H,8,17-18H2,1H3,(H,25,27). The highest BCUT2D eigenvalue weighted by atomic mass is 32.2. The SMILES string of the molecule is CC(OCCCNC(=O)c1ccc(S(=O)(=O)Nc2ccccc2)cc1)c1ccccc1. The van der Waals surface area contributed by atoms with Crippen molar-refractivity contribution in [1.82, 2.24) is 5.32 Å². The first-order valence-corrected chi connectivity index (χ1v) is 11.6. The summed E-state index contributed by atoms with van der Waals surface area (Å²) in [5, 5.41) is 2.83. The molecule has 1 unspecified atom stereocenters. The van der Waals surface area contributed by atoms with Crippen molar-refractivity contribution in [3.63, 3.8) is 0 Å². The van der Waals surface area contributed by atoms with E-state index in [0.29, 0.717) is 30.8 Å². The highest BCUT2D eigenvalue weighted by Crippen LogP contribution is 2.17. The molecule has 6 nitrogen and oxygen atoms in total. The first-order valence-electron chi connectivity index (χ1n) is 10.1. The molecule has 31 heavy (non-hydrogen) atoms. The van der Waals surface area contributed by atoms with Gasteiger partial charge >= 0.3 is 0 Å². The fourth-order valence-corrected chi connectivity index (χ4v) is 4.02. The zero-order chi connectivity index (χ0) is 22.1. The number of sulfonamides is 1. The van der Waals surface area contributed by atoms with Crippen LogP contribution in [-0.2, 0) is 14.8 Å². The van der Waals surface area contributed by atoms with E-state index >= 15 is 0 Å². The molecular weight excluding hydrogens is 412 g/mol. The Labute approximate surface area is 183 Å². The molecule has 0 aliphatic rings. The maximum atomic E-state index is 12.5. The fraction of sp³-hybridized carbons (Fsp3) is 0.208. The third-order valence-electron chi connectivity index (χ3n) is 4.70. The number of para-hydroxylation sites is 1. The van der Waals surface area contributed by atoms with Crippen LogP contribution in [0.2, 0.25) is 0 Å². The van der Waals surface area contributed by atoms with Crippen LogP contribution in [0.15, 0.2) is 89.8 Å². The summed E-state index contributed by atoms with van der Waals surface area (Å²) in [4.78, 5) is 12.4. The van der Waals surface area contributed by atoms with E-state index in [9.17, 15) is 13.2 Å². The molecule has 0 aliphatic carbocycles. The van der Waals surface area contributed by atoms with Crippen molar-refractivity contribution < 1.29 is 17.9 Å². The number of carbonyl (C=O) groups excluding carboxylic acids is 1. The van der Waals surface area contributed by atoms with Crippen molar-refractivity contribution >= 4 is 21.6 Å². The Morgan fingerprint density at radius 3 is 2.16 bits per heavy atom. The lowest BCUT2D eigenvalue weighted by Gasteiger charge is -2.13. The molecule has 162 valence electrons. The molecular formula is C24H26N2O4S. The molecule has 0 fully saturated rings. The van der Waals surface area contributed by atoms with Crippen LogP contribution in [0, 0.1) is 0 Å². The van der Waals surface area contributed by atoms with Gasteiger partial charge in [-0.2, -0.15) is 0 Å². The van der Waals surface area contributed by atoms with E-state index in [-0.39, 0.29) is 16.9 Å². The summed E-state index contributed by atoms with van der Waals surface area (Å²) in [5.41, 5.74) is 1.99. The summed E-state index contributed by atoms with van der Waals surface area (Å²) in [7, 11) is -3.71. The molecule has 1 atom stereocenters. The van der Waals surface area contributed by atoms with E-state index in [4.69, 9.17) is 4.74 Å². The zero-order valence-corrected chi connectivity index (χ0v) is 18.1. The van der Waals surface area contributed by atoms with Gasteiger partial charge in [-0.15, -0.1) is 0 Å². The number of ether oxygens (including phenoxy) is 1. The largest absolute Gasteiger partial charge is 0.374 e. The molecule has 3 aromatic carbocycles. The smallest absolute Gasteiger partial charge is 0.261 e.